The molecule has 2 aliphatic carbocycles. The van der Waals surface area contributed by atoms with Crippen molar-refractivity contribution in [3.8, 4) is 11.5 Å². The summed E-state index contributed by atoms with van der Waals surface area (Å²) in [5.41, 5.74) is 0.146. The Morgan fingerprint density at radius 2 is 1.90 bits per heavy atom. The van der Waals surface area contributed by atoms with Crippen molar-refractivity contribution in [1.29, 1.82) is 0 Å². The SMILES string of the molecule is CO[C@]1(C)[C@@H](C(C)(O)C(C)(C)C)C[C@]2(C)[C@H]3Cc4ccc(O)c5c4[C@@]2(CCN3)[C@H]1O5. The van der Waals surface area contributed by atoms with Crippen LogP contribution in [0.3, 0.4) is 0 Å². The van der Waals surface area contributed by atoms with E-state index in [0.717, 1.165) is 25.8 Å². The van der Waals surface area contributed by atoms with Gasteiger partial charge in [0.1, 0.15) is 11.7 Å². The summed E-state index contributed by atoms with van der Waals surface area (Å²) in [5.74, 6) is 0.733. The van der Waals surface area contributed by atoms with Crippen molar-refractivity contribution in [2.45, 2.75) is 89.6 Å². The monoisotopic (exact) mass is 415 g/mol. The fraction of sp³-hybridized carbons (Fsp3) is 0.760. The van der Waals surface area contributed by atoms with E-state index in [1.807, 2.05) is 6.92 Å². The zero-order valence-corrected chi connectivity index (χ0v) is 19.4. The first kappa shape index (κ1) is 20.6. The molecule has 30 heavy (non-hydrogen) atoms. The summed E-state index contributed by atoms with van der Waals surface area (Å²) in [7, 11) is 1.75. The van der Waals surface area contributed by atoms with E-state index >= 15 is 0 Å². The van der Waals surface area contributed by atoms with Crippen LogP contribution in [0.4, 0.5) is 0 Å². The second kappa shape index (κ2) is 5.73. The average Bonchev–Trinajstić information content (AvgIpc) is 3.01. The molecule has 0 amide bonds. The number of aliphatic hydroxyl groups is 1. The third-order valence-corrected chi connectivity index (χ3v) is 9.95. The van der Waals surface area contributed by atoms with Gasteiger partial charge in [0.15, 0.2) is 11.5 Å². The zero-order chi connectivity index (χ0) is 21.9. The van der Waals surface area contributed by atoms with Crippen molar-refractivity contribution in [1.82, 2.24) is 5.32 Å². The maximum absolute atomic E-state index is 11.9. The molecule has 2 heterocycles. The highest BCUT2D eigenvalue weighted by atomic mass is 16.6. The molecule has 0 radical (unpaired) electrons. The second-order valence-corrected chi connectivity index (χ2v) is 11.8. The van der Waals surface area contributed by atoms with Crippen LogP contribution in [0.2, 0.25) is 0 Å². The van der Waals surface area contributed by atoms with Gasteiger partial charge in [-0.3, -0.25) is 0 Å². The predicted molar refractivity (Wildman–Crippen MR) is 116 cm³/mol. The van der Waals surface area contributed by atoms with Crippen LogP contribution in [0.25, 0.3) is 0 Å². The molecule has 3 N–H and O–H groups in total. The number of methoxy groups -OCH3 is 1. The van der Waals surface area contributed by atoms with Gasteiger partial charge in [-0.25, -0.2) is 0 Å². The lowest BCUT2D eigenvalue weighted by Crippen LogP contribution is -2.78. The largest absolute Gasteiger partial charge is 0.504 e. The lowest BCUT2D eigenvalue weighted by Gasteiger charge is -2.69. The van der Waals surface area contributed by atoms with Gasteiger partial charge in [0, 0.05) is 30.0 Å². The molecule has 0 aromatic heterocycles. The smallest absolute Gasteiger partial charge is 0.165 e. The van der Waals surface area contributed by atoms with E-state index in [2.05, 4.69) is 46.0 Å². The van der Waals surface area contributed by atoms with Crippen LogP contribution in [0.1, 0.15) is 65.5 Å². The first-order chi connectivity index (χ1) is 13.8. The molecule has 1 aromatic carbocycles. The second-order valence-electron chi connectivity index (χ2n) is 11.8. The molecule has 5 nitrogen and oxygen atoms in total. The van der Waals surface area contributed by atoms with Crippen molar-refractivity contribution in [2.24, 2.45) is 16.7 Å². The number of piperidine rings is 1. The zero-order valence-electron chi connectivity index (χ0n) is 19.4. The Balaban J connectivity index is 1.80. The van der Waals surface area contributed by atoms with Crippen LogP contribution in [-0.4, -0.2) is 47.2 Å². The lowest BCUT2D eigenvalue weighted by atomic mass is 9.39. The van der Waals surface area contributed by atoms with Gasteiger partial charge in [-0.05, 0) is 62.1 Å². The Hall–Kier alpha value is -1.30. The molecule has 7 atom stereocenters. The molecule has 4 aliphatic rings. The first-order valence-electron chi connectivity index (χ1n) is 11.4. The summed E-state index contributed by atoms with van der Waals surface area (Å²) in [5, 5.41) is 26.5. The molecular formula is C25H37NO4. The quantitative estimate of drug-likeness (QED) is 0.689. The normalized spacial score (nSPS) is 43.5. The van der Waals surface area contributed by atoms with E-state index < -0.39 is 11.2 Å². The molecule has 1 saturated heterocycles. The summed E-state index contributed by atoms with van der Waals surface area (Å²) in [6.45, 7) is 13.7. The Morgan fingerprint density at radius 3 is 2.53 bits per heavy atom. The van der Waals surface area contributed by atoms with Gasteiger partial charge < -0.3 is 25.0 Å². The van der Waals surface area contributed by atoms with Gasteiger partial charge in [-0.15, -0.1) is 0 Å². The molecular weight excluding hydrogens is 378 g/mol. The van der Waals surface area contributed by atoms with Crippen molar-refractivity contribution < 1.29 is 19.7 Å². The molecule has 1 spiro atoms. The molecule has 2 bridgehead atoms. The first-order valence-corrected chi connectivity index (χ1v) is 11.4. The van der Waals surface area contributed by atoms with Crippen LogP contribution in [-0.2, 0) is 16.6 Å². The van der Waals surface area contributed by atoms with E-state index in [1.165, 1.54) is 11.1 Å². The van der Waals surface area contributed by atoms with E-state index in [0.29, 0.717) is 11.8 Å². The van der Waals surface area contributed by atoms with Crippen molar-refractivity contribution >= 4 is 0 Å². The summed E-state index contributed by atoms with van der Waals surface area (Å²) in [4.78, 5) is 0. The molecule has 1 saturated carbocycles. The van der Waals surface area contributed by atoms with E-state index in [1.54, 1.807) is 13.2 Å². The minimum absolute atomic E-state index is 0.111. The highest BCUT2D eigenvalue weighted by molar-refractivity contribution is 5.62. The van der Waals surface area contributed by atoms with Crippen LogP contribution < -0.4 is 10.1 Å². The highest BCUT2D eigenvalue weighted by Crippen LogP contribution is 2.72. The van der Waals surface area contributed by atoms with Crippen molar-refractivity contribution in [2.75, 3.05) is 13.7 Å². The van der Waals surface area contributed by atoms with Crippen LogP contribution in [0, 0.1) is 16.7 Å². The van der Waals surface area contributed by atoms with Crippen LogP contribution in [0.5, 0.6) is 11.5 Å². The van der Waals surface area contributed by atoms with Gasteiger partial charge in [0.05, 0.1) is 5.60 Å². The maximum atomic E-state index is 11.9. The topological polar surface area (TPSA) is 71.0 Å². The number of phenols is 1. The number of benzene rings is 1. The van der Waals surface area contributed by atoms with E-state index in [4.69, 9.17) is 9.47 Å². The Morgan fingerprint density at radius 1 is 1.20 bits per heavy atom. The van der Waals surface area contributed by atoms with E-state index in [9.17, 15) is 10.2 Å². The number of hydrogen-bond acceptors (Lipinski definition) is 5. The number of nitrogens with one attached hydrogen (secondary N) is 1. The minimum Gasteiger partial charge on any atom is -0.504 e. The summed E-state index contributed by atoms with van der Waals surface area (Å²) in [6, 6.07) is 4.15. The lowest BCUT2D eigenvalue weighted by molar-refractivity contribution is -0.261. The van der Waals surface area contributed by atoms with Gasteiger partial charge in [0.2, 0.25) is 0 Å². The number of aromatic hydroxyl groups is 1. The molecule has 1 aromatic rings. The Bertz CT molecular complexity index is 905. The molecule has 5 heteroatoms. The van der Waals surface area contributed by atoms with Gasteiger partial charge in [-0.2, -0.15) is 0 Å². The summed E-state index contributed by atoms with van der Waals surface area (Å²) < 4.78 is 13.0. The maximum Gasteiger partial charge on any atom is 0.165 e. The van der Waals surface area contributed by atoms with Crippen LogP contribution in [0.15, 0.2) is 12.1 Å². The third-order valence-electron chi connectivity index (χ3n) is 9.95. The molecule has 2 aliphatic heterocycles. The van der Waals surface area contributed by atoms with Crippen molar-refractivity contribution in [3.63, 3.8) is 0 Å². The molecule has 166 valence electrons. The summed E-state index contributed by atoms with van der Waals surface area (Å²) >= 11 is 0. The molecule has 1 unspecified atom stereocenters. The van der Waals surface area contributed by atoms with E-state index in [-0.39, 0.29) is 34.0 Å². The Kier molecular flexibility index (Phi) is 3.93. The number of hydrogen-bond donors (Lipinski definition) is 3. The minimum atomic E-state index is -0.961. The fourth-order valence-electron chi connectivity index (χ4n) is 7.63. The fourth-order valence-corrected chi connectivity index (χ4v) is 7.63. The standard InChI is InChI=1S/C25H37NO4/c1-21(2,3)24(6,28)16-13-22(4)17-12-14-8-9-15(27)19-18(14)25(22,10-11-26-17)20(30-19)23(16,5)29-7/h8-9,16-17,20,26-28H,10-13H2,1-7H3/t16-,17+,20-,22+,23+,24?,25-/m0/s1. The molecule has 2 fully saturated rings. The molecule has 5 rings (SSSR count). The van der Waals surface area contributed by atoms with Gasteiger partial charge >= 0.3 is 0 Å². The highest BCUT2D eigenvalue weighted by Gasteiger charge is 2.76. The number of phenolic OH excluding ortho intramolecular Hbond substituents is 1. The van der Waals surface area contributed by atoms with Crippen LogP contribution >= 0.6 is 0 Å². The third kappa shape index (κ3) is 2.05. The number of ether oxygens (including phenoxy) is 2. The summed E-state index contributed by atoms with van der Waals surface area (Å²) in [6.07, 6.45) is 2.44. The van der Waals surface area contributed by atoms with Gasteiger partial charge in [0.25, 0.3) is 0 Å². The van der Waals surface area contributed by atoms with Crippen molar-refractivity contribution in [3.05, 3.63) is 23.3 Å². The average molecular weight is 416 g/mol. The predicted octanol–water partition coefficient (Wildman–Crippen LogP) is 3.54. The number of rotatable bonds is 2. The Labute approximate surface area is 180 Å². The van der Waals surface area contributed by atoms with Gasteiger partial charge in [-0.1, -0.05) is 33.8 Å².